The fraction of sp³-hybridized carbons (Fsp3) is 0.267. The van der Waals surface area contributed by atoms with Crippen LogP contribution < -0.4 is 5.73 Å². The molecule has 1 aromatic heterocycles. The molecule has 0 saturated carbocycles. The second kappa shape index (κ2) is 6.89. The molecule has 3 heteroatoms. The molecule has 0 spiro atoms. The molecule has 0 bridgehead atoms. The van der Waals surface area contributed by atoms with Crippen molar-refractivity contribution in [2.75, 3.05) is 6.61 Å². The number of rotatable bonds is 6. The minimum Gasteiger partial charge on any atom is -0.376 e. The van der Waals surface area contributed by atoms with E-state index in [0.29, 0.717) is 19.8 Å². The summed E-state index contributed by atoms with van der Waals surface area (Å²) < 4.78 is 5.67. The van der Waals surface area contributed by atoms with Crippen molar-refractivity contribution in [1.29, 1.82) is 0 Å². The molecule has 0 aliphatic carbocycles. The zero-order valence-corrected chi connectivity index (χ0v) is 10.4. The zero-order chi connectivity index (χ0) is 12.6. The van der Waals surface area contributed by atoms with Gasteiger partial charge in [-0.15, -0.1) is 0 Å². The number of benzene rings is 1. The van der Waals surface area contributed by atoms with Crippen molar-refractivity contribution in [3.8, 4) is 0 Å². The van der Waals surface area contributed by atoms with Crippen molar-refractivity contribution in [3.05, 3.63) is 65.5 Å². The Morgan fingerprint density at radius 1 is 1.06 bits per heavy atom. The molecular formula is C15H18N2O. The first-order valence-corrected chi connectivity index (χ1v) is 6.14. The molecule has 1 heterocycles. The molecule has 0 aliphatic heterocycles. The molecule has 2 rings (SSSR count). The van der Waals surface area contributed by atoms with E-state index in [0.717, 1.165) is 17.7 Å². The van der Waals surface area contributed by atoms with Crippen LogP contribution in [0.5, 0.6) is 0 Å². The Bertz CT molecular complexity index is 471. The van der Waals surface area contributed by atoms with Gasteiger partial charge in [0, 0.05) is 18.3 Å². The van der Waals surface area contributed by atoms with Gasteiger partial charge in [0.2, 0.25) is 0 Å². The highest BCUT2D eigenvalue weighted by Crippen LogP contribution is 2.07. The summed E-state index contributed by atoms with van der Waals surface area (Å²) in [6, 6.07) is 14.3. The summed E-state index contributed by atoms with van der Waals surface area (Å²) in [6.45, 7) is 1.74. The molecule has 0 saturated heterocycles. The fourth-order valence-electron chi connectivity index (χ4n) is 1.80. The minimum atomic E-state index is 0.457. The van der Waals surface area contributed by atoms with E-state index in [2.05, 4.69) is 17.1 Å². The smallest absolute Gasteiger partial charge is 0.0735 e. The number of hydrogen-bond donors (Lipinski definition) is 1. The first-order chi connectivity index (χ1) is 8.90. The maximum absolute atomic E-state index is 5.67. The first kappa shape index (κ1) is 12.7. The predicted molar refractivity (Wildman–Crippen MR) is 71.9 cm³/mol. The van der Waals surface area contributed by atoms with E-state index in [4.69, 9.17) is 10.5 Å². The average molecular weight is 242 g/mol. The molecular weight excluding hydrogens is 224 g/mol. The maximum Gasteiger partial charge on any atom is 0.0735 e. The van der Waals surface area contributed by atoms with Crippen LogP contribution in [0.4, 0.5) is 0 Å². The van der Waals surface area contributed by atoms with Crippen LogP contribution in [0.3, 0.4) is 0 Å². The molecule has 94 valence electrons. The van der Waals surface area contributed by atoms with Crippen molar-refractivity contribution >= 4 is 0 Å². The summed E-state index contributed by atoms with van der Waals surface area (Å²) >= 11 is 0. The van der Waals surface area contributed by atoms with Crippen molar-refractivity contribution in [3.63, 3.8) is 0 Å². The number of pyridine rings is 1. The monoisotopic (exact) mass is 242 g/mol. The lowest BCUT2D eigenvalue weighted by Crippen LogP contribution is -2.06. The Morgan fingerprint density at radius 2 is 1.89 bits per heavy atom. The summed E-state index contributed by atoms with van der Waals surface area (Å²) in [7, 11) is 0. The molecule has 0 radical (unpaired) electrons. The summed E-state index contributed by atoms with van der Waals surface area (Å²) in [5.41, 5.74) is 8.91. The lowest BCUT2D eigenvalue weighted by Gasteiger charge is -2.07. The van der Waals surface area contributed by atoms with Gasteiger partial charge in [0.1, 0.15) is 0 Å². The van der Waals surface area contributed by atoms with Crippen molar-refractivity contribution in [2.24, 2.45) is 5.73 Å². The van der Waals surface area contributed by atoms with Crippen molar-refractivity contribution < 1.29 is 4.74 Å². The van der Waals surface area contributed by atoms with Crippen LogP contribution in [0.25, 0.3) is 0 Å². The molecule has 2 N–H and O–H groups in total. The standard InChI is InChI=1S/C15H18N2O/c16-11-15-14(7-4-9-17-15)12-18-10-8-13-5-2-1-3-6-13/h1-7,9H,8,10-12,16H2. The normalized spacial score (nSPS) is 10.5. The number of aromatic nitrogens is 1. The lowest BCUT2D eigenvalue weighted by atomic mass is 10.2. The Kier molecular flexibility index (Phi) is 4.88. The number of nitrogens with two attached hydrogens (primary N) is 1. The third kappa shape index (κ3) is 3.65. The number of hydrogen-bond acceptors (Lipinski definition) is 3. The molecule has 2 aromatic rings. The quantitative estimate of drug-likeness (QED) is 0.791. The van der Waals surface area contributed by atoms with Gasteiger partial charge < -0.3 is 10.5 Å². The van der Waals surface area contributed by atoms with Crippen LogP contribution in [0.2, 0.25) is 0 Å². The third-order valence-electron chi connectivity index (χ3n) is 2.81. The lowest BCUT2D eigenvalue weighted by molar-refractivity contribution is 0.123. The molecule has 0 amide bonds. The van der Waals surface area contributed by atoms with Crippen molar-refractivity contribution in [1.82, 2.24) is 4.98 Å². The second-order valence-corrected chi connectivity index (χ2v) is 4.10. The van der Waals surface area contributed by atoms with Crippen LogP contribution in [0.1, 0.15) is 16.8 Å². The summed E-state index contributed by atoms with van der Waals surface area (Å²) in [5.74, 6) is 0. The highest BCUT2D eigenvalue weighted by molar-refractivity contribution is 5.18. The second-order valence-electron chi connectivity index (χ2n) is 4.10. The maximum atomic E-state index is 5.67. The van der Waals surface area contributed by atoms with Crippen LogP contribution in [0.15, 0.2) is 48.7 Å². The molecule has 0 aliphatic rings. The number of nitrogens with zero attached hydrogens (tertiary/aromatic N) is 1. The summed E-state index contributed by atoms with van der Waals surface area (Å²) in [4.78, 5) is 4.23. The van der Waals surface area contributed by atoms with E-state index in [-0.39, 0.29) is 0 Å². The summed E-state index contributed by atoms with van der Waals surface area (Å²) in [6.07, 6.45) is 2.69. The fourth-order valence-corrected chi connectivity index (χ4v) is 1.80. The van der Waals surface area contributed by atoms with Gasteiger partial charge in [-0.2, -0.15) is 0 Å². The van der Waals surface area contributed by atoms with Gasteiger partial charge in [-0.3, -0.25) is 4.98 Å². The van der Waals surface area contributed by atoms with Crippen LogP contribution in [-0.4, -0.2) is 11.6 Å². The van der Waals surface area contributed by atoms with E-state index in [1.165, 1.54) is 5.56 Å². The topological polar surface area (TPSA) is 48.1 Å². The van der Waals surface area contributed by atoms with E-state index in [9.17, 15) is 0 Å². The molecule has 0 unspecified atom stereocenters. The van der Waals surface area contributed by atoms with Gasteiger partial charge >= 0.3 is 0 Å². The van der Waals surface area contributed by atoms with E-state index >= 15 is 0 Å². The van der Waals surface area contributed by atoms with E-state index in [1.54, 1.807) is 6.20 Å². The van der Waals surface area contributed by atoms with Gasteiger partial charge in [0.25, 0.3) is 0 Å². The Hall–Kier alpha value is -1.71. The van der Waals surface area contributed by atoms with Gasteiger partial charge in [-0.25, -0.2) is 0 Å². The van der Waals surface area contributed by atoms with Gasteiger partial charge in [-0.05, 0) is 18.1 Å². The Balaban J connectivity index is 1.78. The van der Waals surface area contributed by atoms with E-state index < -0.39 is 0 Å². The average Bonchev–Trinajstić information content (AvgIpc) is 2.45. The van der Waals surface area contributed by atoms with Gasteiger partial charge in [-0.1, -0.05) is 36.4 Å². The predicted octanol–water partition coefficient (Wildman–Crippen LogP) is 2.30. The highest BCUT2D eigenvalue weighted by atomic mass is 16.5. The van der Waals surface area contributed by atoms with Gasteiger partial charge in [0.15, 0.2) is 0 Å². The molecule has 0 atom stereocenters. The van der Waals surface area contributed by atoms with Crippen LogP contribution in [-0.2, 0) is 24.3 Å². The molecule has 3 nitrogen and oxygen atoms in total. The zero-order valence-electron chi connectivity index (χ0n) is 10.4. The summed E-state index contributed by atoms with van der Waals surface area (Å²) in [5, 5.41) is 0. The van der Waals surface area contributed by atoms with Crippen molar-refractivity contribution in [2.45, 2.75) is 19.6 Å². The Labute approximate surface area is 108 Å². The SMILES string of the molecule is NCc1ncccc1COCCc1ccccc1. The minimum absolute atomic E-state index is 0.457. The number of ether oxygens (including phenoxy) is 1. The largest absolute Gasteiger partial charge is 0.376 e. The van der Waals surface area contributed by atoms with Gasteiger partial charge in [0.05, 0.1) is 18.9 Å². The van der Waals surface area contributed by atoms with Crippen LogP contribution in [0, 0.1) is 0 Å². The first-order valence-electron chi connectivity index (χ1n) is 6.14. The Morgan fingerprint density at radius 3 is 2.67 bits per heavy atom. The molecule has 1 aromatic carbocycles. The van der Waals surface area contributed by atoms with E-state index in [1.807, 2.05) is 30.3 Å². The molecule has 0 fully saturated rings. The van der Waals surface area contributed by atoms with Crippen LogP contribution >= 0.6 is 0 Å². The molecule has 18 heavy (non-hydrogen) atoms. The third-order valence-corrected chi connectivity index (χ3v) is 2.81. The highest BCUT2D eigenvalue weighted by Gasteiger charge is 2.01.